The third-order valence-electron chi connectivity index (χ3n) is 3.94. The van der Waals surface area contributed by atoms with E-state index in [9.17, 15) is 8.42 Å². The minimum atomic E-state index is -3.17. The molecule has 0 aromatic heterocycles. The fourth-order valence-corrected chi connectivity index (χ4v) is 3.89. The number of benzene rings is 1. The van der Waals surface area contributed by atoms with Crippen molar-refractivity contribution in [3.8, 4) is 0 Å². The molecule has 0 spiro atoms. The van der Waals surface area contributed by atoms with Crippen LogP contribution in [0.25, 0.3) is 0 Å². The lowest BCUT2D eigenvalue weighted by molar-refractivity contribution is 0.195. The first kappa shape index (κ1) is 14.5. The van der Waals surface area contributed by atoms with E-state index >= 15 is 0 Å². The molecule has 2 rings (SSSR count). The van der Waals surface area contributed by atoms with E-state index in [0.29, 0.717) is 13.1 Å². The molecular formula is C15H23NO2S. The minimum absolute atomic E-state index is 0.119. The van der Waals surface area contributed by atoms with Crippen molar-refractivity contribution in [3.05, 3.63) is 35.4 Å². The third kappa shape index (κ3) is 3.80. The first-order valence-corrected chi connectivity index (χ1v) is 8.43. The highest BCUT2D eigenvalue weighted by atomic mass is 32.2. The maximum absolute atomic E-state index is 12.4. The minimum Gasteiger partial charge on any atom is -0.212 e. The number of hydrogen-bond donors (Lipinski definition) is 0. The van der Waals surface area contributed by atoms with Crippen molar-refractivity contribution in [1.29, 1.82) is 0 Å². The summed E-state index contributed by atoms with van der Waals surface area (Å²) in [6.45, 7) is 7.72. The van der Waals surface area contributed by atoms with Crippen LogP contribution in [0.2, 0.25) is 0 Å². The lowest BCUT2D eigenvalue weighted by atomic mass is 9.83. The van der Waals surface area contributed by atoms with E-state index in [1.165, 1.54) is 0 Å². The Labute approximate surface area is 116 Å². The van der Waals surface area contributed by atoms with Crippen molar-refractivity contribution in [1.82, 2.24) is 4.31 Å². The van der Waals surface area contributed by atoms with Crippen LogP contribution in [0.4, 0.5) is 0 Å². The summed E-state index contributed by atoms with van der Waals surface area (Å²) in [6, 6.07) is 7.73. The van der Waals surface area contributed by atoms with Crippen LogP contribution in [-0.4, -0.2) is 25.8 Å². The fraction of sp³-hybridized carbons (Fsp3) is 0.600. The van der Waals surface area contributed by atoms with Crippen LogP contribution < -0.4 is 0 Å². The van der Waals surface area contributed by atoms with Crippen molar-refractivity contribution in [2.24, 2.45) is 5.41 Å². The topological polar surface area (TPSA) is 37.4 Å². The molecule has 1 aromatic rings. The molecule has 1 saturated heterocycles. The molecule has 1 heterocycles. The van der Waals surface area contributed by atoms with Crippen LogP contribution in [0.15, 0.2) is 24.3 Å². The summed E-state index contributed by atoms with van der Waals surface area (Å²) in [4.78, 5) is 0. The van der Waals surface area contributed by atoms with Gasteiger partial charge in [-0.15, -0.1) is 0 Å². The quantitative estimate of drug-likeness (QED) is 0.854. The summed E-state index contributed by atoms with van der Waals surface area (Å²) in [5.41, 5.74) is 2.30. The van der Waals surface area contributed by atoms with Gasteiger partial charge in [0.25, 0.3) is 0 Å². The monoisotopic (exact) mass is 281 g/mol. The van der Waals surface area contributed by atoms with Gasteiger partial charge in [-0.05, 0) is 30.7 Å². The molecule has 4 heteroatoms. The molecule has 0 radical (unpaired) electrons. The molecule has 1 aliphatic heterocycles. The van der Waals surface area contributed by atoms with Gasteiger partial charge in [-0.25, -0.2) is 12.7 Å². The summed E-state index contributed by atoms with van der Waals surface area (Å²) in [5.74, 6) is 0.119. The Balaban J connectivity index is 2.05. The van der Waals surface area contributed by atoms with E-state index in [0.717, 1.165) is 24.0 Å². The summed E-state index contributed by atoms with van der Waals surface area (Å²) in [7, 11) is -3.17. The molecule has 0 N–H and O–H groups in total. The van der Waals surface area contributed by atoms with E-state index in [1.807, 2.05) is 31.2 Å². The second-order valence-corrected chi connectivity index (χ2v) is 8.27. The molecule has 106 valence electrons. The molecule has 0 atom stereocenters. The molecule has 0 unspecified atom stereocenters. The summed E-state index contributed by atoms with van der Waals surface area (Å²) >= 11 is 0. The zero-order valence-corrected chi connectivity index (χ0v) is 12.8. The number of hydrogen-bond acceptors (Lipinski definition) is 2. The van der Waals surface area contributed by atoms with Crippen molar-refractivity contribution in [3.63, 3.8) is 0 Å². The highest BCUT2D eigenvalue weighted by molar-refractivity contribution is 7.88. The molecule has 3 nitrogen and oxygen atoms in total. The smallest absolute Gasteiger partial charge is 0.212 e. The van der Waals surface area contributed by atoms with Gasteiger partial charge in [-0.1, -0.05) is 43.7 Å². The number of aryl methyl sites for hydroxylation is 1. The Morgan fingerprint density at radius 2 is 1.63 bits per heavy atom. The zero-order valence-electron chi connectivity index (χ0n) is 12.0. The molecule has 0 bridgehead atoms. The molecule has 1 aliphatic rings. The first-order chi connectivity index (χ1) is 8.78. The number of nitrogens with zero attached hydrogens (tertiary/aromatic N) is 1. The van der Waals surface area contributed by atoms with Crippen molar-refractivity contribution < 1.29 is 8.42 Å². The summed E-state index contributed by atoms with van der Waals surface area (Å²) in [6.07, 6.45) is 1.89. The highest BCUT2D eigenvalue weighted by Crippen LogP contribution is 2.31. The Morgan fingerprint density at radius 3 is 2.16 bits per heavy atom. The maximum atomic E-state index is 12.4. The summed E-state index contributed by atoms with van der Waals surface area (Å²) < 4.78 is 26.4. The third-order valence-corrected chi connectivity index (χ3v) is 5.79. The van der Waals surface area contributed by atoms with Gasteiger partial charge in [-0.3, -0.25) is 0 Å². The van der Waals surface area contributed by atoms with Gasteiger partial charge in [-0.2, -0.15) is 0 Å². The number of piperidine rings is 1. The van der Waals surface area contributed by atoms with E-state index in [1.54, 1.807) is 4.31 Å². The lowest BCUT2D eigenvalue weighted by Gasteiger charge is -2.36. The lowest BCUT2D eigenvalue weighted by Crippen LogP contribution is -2.41. The maximum Gasteiger partial charge on any atom is 0.218 e. The van der Waals surface area contributed by atoms with Crippen LogP contribution >= 0.6 is 0 Å². The zero-order chi connectivity index (χ0) is 14.1. The molecule has 1 fully saturated rings. The van der Waals surface area contributed by atoms with Gasteiger partial charge in [0.2, 0.25) is 10.0 Å². The Bertz CT molecular complexity index is 522. The van der Waals surface area contributed by atoms with Gasteiger partial charge in [0, 0.05) is 13.1 Å². The predicted octanol–water partition coefficient (Wildman–Crippen LogP) is 2.95. The van der Waals surface area contributed by atoms with E-state index in [2.05, 4.69) is 13.8 Å². The Hall–Kier alpha value is -0.870. The van der Waals surface area contributed by atoms with E-state index in [-0.39, 0.29) is 11.2 Å². The van der Waals surface area contributed by atoms with E-state index in [4.69, 9.17) is 0 Å². The molecule has 0 amide bonds. The molecular weight excluding hydrogens is 258 g/mol. The largest absolute Gasteiger partial charge is 0.218 e. The molecule has 0 saturated carbocycles. The van der Waals surface area contributed by atoms with Gasteiger partial charge < -0.3 is 0 Å². The van der Waals surface area contributed by atoms with Crippen LogP contribution in [0, 0.1) is 12.3 Å². The predicted molar refractivity (Wildman–Crippen MR) is 78.4 cm³/mol. The van der Waals surface area contributed by atoms with Gasteiger partial charge in [0.1, 0.15) is 0 Å². The van der Waals surface area contributed by atoms with Crippen molar-refractivity contribution >= 4 is 10.0 Å². The fourth-order valence-electron chi connectivity index (χ4n) is 2.36. The molecule has 0 aliphatic carbocycles. The van der Waals surface area contributed by atoms with Crippen molar-refractivity contribution in [2.75, 3.05) is 13.1 Å². The van der Waals surface area contributed by atoms with Crippen LogP contribution in [-0.2, 0) is 15.8 Å². The average molecular weight is 281 g/mol. The SMILES string of the molecule is Cc1ccc(CS(=O)(=O)N2CCC(C)(C)CC2)cc1. The van der Waals surface area contributed by atoms with Crippen LogP contribution in [0.1, 0.15) is 37.8 Å². The Morgan fingerprint density at radius 1 is 1.11 bits per heavy atom. The van der Waals surface area contributed by atoms with Crippen molar-refractivity contribution in [2.45, 2.75) is 39.4 Å². The Kier molecular flexibility index (Phi) is 4.02. The highest BCUT2D eigenvalue weighted by Gasteiger charge is 2.31. The average Bonchev–Trinajstić information content (AvgIpc) is 2.31. The standard InChI is InChI=1S/C15H23NO2S/c1-13-4-6-14(7-5-13)12-19(17,18)16-10-8-15(2,3)9-11-16/h4-7H,8-12H2,1-3H3. The first-order valence-electron chi connectivity index (χ1n) is 6.82. The number of rotatable bonds is 3. The normalized spacial score (nSPS) is 20.4. The van der Waals surface area contributed by atoms with Gasteiger partial charge >= 0.3 is 0 Å². The molecule has 19 heavy (non-hydrogen) atoms. The second kappa shape index (κ2) is 5.25. The number of sulfonamides is 1. The van der Waals surface area contributed by atoms with Gasteiger partial charge in [0.15, 0.2) is 0 Å². The van der Waals surface area contributed by atoms with Crippen LogP contribution in [0.3, 0.4) is 0 Å². The summed E-state index contributed by atoms with van der Waals surface area (Å²) in [5, 5.41) is 0. The second-order valence-electron chi connectivity index (χ2n) is 6.31. The molecule has 1 aromatic carbocycles. The van der Waals surface area contributed by atoms with E-state index < -0.39 is 10.0 Å². The van der Waals surface area contributed by atoms with Gasteiger partial charge in [0.05, 0.1) is 5.75 Å². The van der Waals surface area contributed by atoms with Crippen LogP contribution in [0.5, 0.6) is 0 Å².